The Morgan fingerprint density at radius 3 is 1.02 bits per heavy atom. The number of allylic oxidation sites excluding steroid dienone is 4. The monoisotopic (exact) mass is 2290 g/mol. The predicted octanol–water partition coefficient (Wildman–Crippen LogP) is 4.54. The zero-order valence-electron chi connectivity index (χ0n) is 82.2. The fraction of sp³-hybridized carbons (Fsp3) is 0.424. The molecular weight excluding hydrogens is 2180 g/mol. The number of nitrogens with one attached hydrogen (secondary N) is 8. The van der Waals surface area contributed by atoms with Gasteiger partial charge in [-0.1, -0.05) is 19.9 Å². The molecular formula is C85H118B11IN10O22S13+2. The molecule has 2 aliphatic rings. The second kappa shape index (κ2) is 61.5. The molecule has 0 radical (unpaired) electrons. The standard InChI is InChI=1S/C85H116B11IN10O22S13/c1-84(2)72(106(22-10-24-141(116,117)118)62-28-50(76(108)98-18-6-12-56-64(122-38-97)30-52(78(110)102-39-130-86)31-65(56)123-43-134-90)26-60(74(62)84)82(114)100-20-8-14-58-68(126-46-137-93)34-54(80(112)104-41-132-88)35-69(58)127-47-138-94)16-5-17-73-85(3,4)75-61(83(115)101-21-9-15-59-70(128-48-139-95)36-55(81(113)105-42-133-89)37-71(59)129-49-140-96)27-51(29-63(75)107(73)23-11-25-142(119,120)121)77(109)99-19-7-13-57-66(124-44-135-91)32-53(79(111)103-40-131-87)33-67(57)125-45-136-92/h5,16-17,26-37,88H,6-15,18-25,38-49,86-87,89-96H2,1-4H3,(H8-2,98,99,100,101,102,103,104,105,108,109,110,111,112,113,114,115,116,117,118,119,120,121)/p+2. The first-order valence-electron chi connectivity index (χ1n) is 44.9. The Morgan fingerprint density at radius 1 is 0.394 bits per heavy atom. The Balaban J connectivity index is 1.27. The van der Waals surface area contributed by atoms with Gasteiger partial charge in [0.1, 0.15) is 75.4 Å². The van der Waals surface area contributed by atoms with Crippen molar-refractivity contribution in [2.45, 2.75) is 103 Å². The number of halogens is 1. The Labute approximate surface area is 902 Å². The molecule has 6 aromatic rings. The summed E-state index contributed by atoms with van der Waals surface area (Å²) in [5.41, 5.74) is 4.41. The number of rotatable bonds is 65. The fourth-order valence-corrected chi connectivity index (χ4v) is 20.2. The first-order valence-corrected chi connectivity index (χ1v) is 64.8. The van der Waals surface area contributed by atoms with Gasteiger partial charge in [0.25, 0.3) is 61.6 Å². The van der Waals surface area contributed by atoms with Gasteiger partial charge in [-0.25, -0.2) is 0 Å². The van der Waals surface area contributed by atoms with Crippen molar-refractivity contribution in [1.29, 1.82) is 0 Å². The van der Waals surface area contributed by atoms with Crippen LogP contribution in [0.5, 0.6) is 46.0 Å². The second-order valence-corrected chi connectivity index (χ2v) is 45.7. The minimum atomic E-state index is -4.59. The van der Waals surface area contributed by atoms with E-state index in [1.807, 2.05) is 98.9 Å². The number of ether oxygens (including phenoxy) is 8. The van der Waals surface area contributed by atoms with Crippen molar-refractivity contribution in [2.75, 3.05) is 125 Å². The van der Waals surface area contributed by atoms with Crippen LogP contribution >= 0.6 is 150 Å². The molecule has 0 bridgehead atoms. The van der Waals surface area contributed by atoms with Crippen molar-refractivity contribution in [1.82, 2.24) is 42.5 Å². The summed E-state index contributed by atoms with van der Waals surface area (Å²) in [4.78, 5) is 117. The quantitative estimate of drug-likeness (QED) is 0.00476. The number of amides is 8. The van der Waals surface area contributed by atoms with Crippen LogP contribution in [-0.2, 0) is 56.7 Å². The fourth-order valence-electron chi connectivity index (χ4n) is 16.1. The first kappa shape index (κ1) is 121. The average Bonchev–Trinajstić information content (AvgIpc) is 1.57. The van der Waals surface area contributed by atoms with Gasteiger partial charge in [0, 0.05) is 117 Å². The number of hydrogen-bond donors (Lipinski definition) is 10. The zero-order chi connectivity index (χ0) is 104. The SMILES string of the molecule is [BH+]SCNC(=O)c1cc(OCSB)c(CCCNC(=O)c2cc(C(=O)NCCCc3c(OCI)cc(C(=O)NCSB)cc3OCSB)cc3c2C(C)(C)/C(=C\C=C\C2=[N+](CCCS(=O)(=O)O)c4cc(C(=O)NCCCc5c(OCSB)cc(C(=O)NCSB)cc5OCSB)cc(C(=O)NCCCc5c(OCSB)cc(C(=O)NCSB)cc5OCSB)c4C2(C)C)N3CCCS(=O)(=O)O)c(OCSB)c1. The van der Waals surface area contributed by atoms with E-state index in [0.29, 0.717) is 193 Å². The Kier molecular flexibility index (Phi) is 52.3. The van der Waals surface area contributed by atoms with E-state index in [-0.39, 0.29) is 150 Å². The molecule has 32 nitrogen and oxygen atoms in total. The van der Waals surface area contributed by atoms with E-state index in [9.17, 15) is 45.1 Å². The van der Waals surface area contributed by atoms with Gasteiger partial charge in [-0.3, -0.25) is 42.7 Å². The van der Waals surface area contributed by atoms with Crippen molar-refractivity contribution < 1.29 is 107 Å². The number of anilines is 1. The Morgan fingerprint density at radius 2 is 0.697 bits per heavy atom. The van der Waals surface area contributed by atoms with E-state index in [1.165, 1.54) is 140 Å². The maximum atomic E-state index is 15.7. The molecule has 0 fully saturated rings. The summed E-state index contributed by atoms with van der Waals surface area (Å²) in [6, 6.07) is 19.7. The summed E-state index contributed by atoms with van der Waals surface area (Å²) in [5, 5.41) is 23.9. The van der Waals surface area contributed by atoms with E-state index in [4.69, 9.17) is 37.9 Å². The molecule has 142 heavy (non-hydrogen) atoms. The summed E-state index contributed by atoms with van der Waals surface area (Å²) < 4.78 is 124. The van der Waals surface area contributed by atoms with Gasteiger partial charge >= 0.3 is 159 Å². The molecule has 0 saturated carbocycles. The third kappa shape index (κ3) is 35.6. The third-order valence-electron chi connectivity index (χ3n) is 22.3. The van der Waals surface area contributed by atoms with Crippen LogP contribution in [0.2, 0.25) is 0 Å². The molecule has 2 heterocycles. The summed E-state index contributed by atoms with van der Waals surface area (Å²) in [6.45, 7) is 7.62. The Bertz CT molecular complexity index is 5670. The van der Waals surface area contributed by atoms with Gasteiger partial charge in [0.15, 0.2) is 62.7 Å². The summed E-state index contributed by atoms with van der Waals surface area (Å²) in [7, 11) is 13.4. The number of alkyl halides is 1. The molecule has 8 amide bonds. The van der Waals surface area contributed by atoms with Gasteiger partial charge in [-0.2, -0.15) is 114 Å². The molecule has 10 N–H and O–H groups in total. The maximum absolute atomic E-state index is 15.7. The molecule has 0 unspecified atom stereocenters. The number of nitrogens with zero attached hydrogens (tertiary/aromatic N) is 2. The third-order valence-corrected chi connectivity index (χ3v) is 28.3. The van der Waals surface area contributed by atoms with Crippen LogP contribution in [0.4, 0.5) is 11.4 Å². The summed E-state index contributed by atoms with van der Waals surface area (Å²) >= 11 is 17.7. The van der Waals surface area contributed by atoms with Crippen molar-refractivity contribution >= 4 is 313 Å². The summed E-state index contributed by atoms with van der Waals surface area (Å²) in [5.74, 6) is 1.58. The number of hydrogen-bond acceptors (Lipinski definition) is 32. The molecule has 0 spiro atoms. The van der Waals surface area contributed by atoms with Gasteiger partial charge in [0.05, 0.1) is 45.7 Å². The van der Waals surface area contributed by atoms with Gasteiger partial charge in [-0.15, -0.1) is 0 Å². The normalized spacial score (nSPS) is 13.2. The molecule has 0 aromatic heterocycles. The first-order chi connectivity index (χ1) is 68.1. The Hall–Kier alpha value is -6.46. The second-order valence-electron chi connectivity index (χ2n) is 33.0. The number of carbonyl (C=O) groups is 8. The van der Waals surface area contributed by atoms with Crippen LogP contribution in [0.1, 0.15) is 182 Å². The zero-order valence-corrected chi connectivity index (χ0v) is 95.0. The van der Waals surface area contributed by atoms with Crippen LogP contribution in [0, 0.1) is 0 Å². The number of fused-ring (bicyclic) bond motifs is 2. The summed E-state index contributed by atoms with van der Waals surface area (Å²) in [6.07, 6.45) is 7.52. The topological polar surface area (TPSA) is 422 Å². The van der Waals surface area contributed by atoms with Gasteiger partial charge in [0.2, 0.25) is 5.69 Å². The average molecular weight is 2290 g/mol. The minimum absolute atomic E-state index is 0.0515. The van der Waals surface area contributed by atoms with Crippen LogP contribution in [0.15, 0.2) is 96.7 Å². The van der Waals surface area contributed by atoms with Crippen LogP contribution in [0.25, 0.3) is 0 Å². The van der Waals surface area contributed by atoms with Gasteiger partial charge < -0.3 is 65.2 Å². The van der Waals surface area contributed by atoms with Crippen molar-refractivity contribution in [3.8, 4) is 46.0 Å². The van der Waals surface area contributed by atoms with Crippen molar-refractivity contribution in [2.24, 2.45) is 0 Å². The molecule has 0 atom stereocenters. The molecule has 2 aliphatic heterocycles. The van der Waals surface area contributed by atoms with E-state index in [1.54, 1.807) is 88.4 Å². The number of benzene rings is 6. The predicted molar refractivity (Wildman–Crippen MR) is 627 cm³/mol. The van der Waals surface area contributed by atoms with Crippen molar-refractivity contribution in [3.05, 3.63) is 175 Å². The van der Waals surface area contributed by atoms with E-state index in [0.717, 1.165) is 0 Å². The van der Waals surface area contributed by atoms with Crippen molar-refractivity contribution in [3.63, 3.8) is 0 Å². The molecule has 756 valence electrons. The molecule has 8 rings (SSSR count). The molecule has 57 heteroatoms. The van der Waals surface area contributed by atoms with E-state index >= 15 is 19.2 Å². The molecule has 6 aromatic carbocycles. The molecule has 0 aliphatic carbocycles. The van der Waals surface area contributed by atoms with E-state index < -0.39 is 66.2 Å². The van der Waals surface area contributed by atoms with Crippen LogP contribution in [-0.4, -0.2) is 282 Å². The number of carbonyl (C=O) groups excluding carboxylic acids is 8. The van der Waals surface area contributed by atoms with E-state index in [2.05, 4.69) is 72.2 Å². The van der Waals surface area contributed by atoms with Crippen LogP contribution in [0.3, 0.4) is 0 Å². The van der Waals surface area contributed by atoms with Gasteiger partial charge in [-0.05, 0) is 142 Å². The van der Waals surface area contributed by atoms with Crippen LogP contribution < -0.4 is 85.3 Å². The molecule has 0 saturated heterocycles.